The zero-order valence-corrected chi connectivity index (χ0v) is 17.2. The van der Waals surface area contributed by atoms with Crippen LogP contribution < -0.4 is 5.32 Å². The van der Waals surface area contributed by atoms with Gasteiger partial charge in [0, 0.05) is 29.8 Å². The molecule has 0 bridgehead atoms. The first-order valence-corrected chi connectivity index (χ1v) is 10.6. The number of carbonyl (C=O) groups is 1. The highest BCUT2D eigenvalue weighted by molar-refractivity contribution is 6.33. The number of nitrogens with zero attached hydrogens (tertiary/aromatic N) is 3. The summed E-state index contributed by atoms with van der Waals surface area (Å²) in [6.45, 7) is 0.891. The van der Waals surface area contributed by atoms with Crippen LogP contribution in [0.15, 0.2) is 60.7 Å². The Kier molecular flexibility index (Phi) is 4.97. The SMILES string of the molecule is O=C(Nc1ccc(Cl)c(-c2nnc3n2CCCCC3)c1)c1ccc2ccccc2c1. The zero-order chi connectivity index (χ0) is 20.5. The van der Waals surface area contributed by atoms with E-state index in [1.165, 1.54) is 6.42 Å². The zero-order valence-electron chi connectivity index (χ0n) is 16.4. The third-order valence-corrected chi connectivity index (χ3v) is 5.92. The van der Waals surface area contributed by atoms with Crippen molar-refractivity contribution in [1.29, 1.82) is 0 Å². The average molecular weight is 417 g/mol. The van der Waals surface area contributed by atoms with Crippen LogP contribution in [0.25, 0.3) is 22.2 Å². The van der Waals surface area contributed by atoms with Crippen molar-refractivity contribution in [1.82, 2.24) is 14.8 Å². The molecule has 0 spiro atoms. The maximum absolute atomic E-state index is 12.8. The first-order chi connectivity index (χ1) is 14.7. The number of hydrogen-bond acceptors (Lipinski definition) is 3. The molecule has 0 aliphatic carbocycles. The van der Waals surface area contributed by atoms with E-state index in [1.54, 1.807) is 6.07 Å². The number of aryl methyl sites for hydroxylation is 1. The van der Waals surface area contributed by atoms with E-state index in [1.807, 2.05) is 54.6 Å². The second kappa shape index (κ2) is 7.92. The topological polar surface area (TPSA) is 59.8 Å². The molecule has 1 N–H and O–H groups in total. The van der Waals surface area contributed by atoms with Crippen LogP contribution in [-0.2, 0) is 13.0 Å². The van der Waals surface area contributed by atoms with Gasteiger partial charge in [-0.05, 0) is 53.9 Å². The van der Waals surface area contributed by atoms with Crippen LogP contribution in [0.4, 0.5) is 5.69 Å². The van der Waals surface area contributed by atoms with E-state index in [2.05, 4.69) is 20.1 Å². The normalized spacial score (nSPS) is 13.6. The van der Waals surface area contributed by atoms with Crippen molar-refractivity contribution in [2.75, 3.05) is 5.32 Å². The number of halogens is 1. The van der Waals surface area contributed by atoms with Crippen molar-refractivity contribution in [3.05, 3.63) is 77.1 Å². The molecule has 1 aliphatic heterocycles. The Labute approximate surface area is 179 Å². The summed E-state index contributed by atoms with van der Waals surface area (Å²) in [6, 6.07) is 19.2. The number of benzene rings is 3. The van der Waals surface area contributed by atoms with Gasteiger partial charge in [0.25, 0.3) is 5.91 Å². The van der Waals surface area contributed by atoms with Crippen LogP contribution in [0, 0.1) is 0 Å². The summed E-state index contributed by atoms with van der Waals surface area (Å²) in [5, 5.41) is 14.5. The number of nitrogens with one attached hydrogen (secondary N) is 1. The van der Waals surface area contributed by atoms with Gasteiger partial charge in [-0.15, -0.1) is 10.2 Å². The number of hydrogen-bond donors (Lipinski definition) is 1. The molecule has 0 saturated heterocycles. The molecule has 1 aromatic heterocycles. The van der Waals surface area contributed by atoms with Gasteiger partial charge in [0.15, 0.2) is 5.82 Å². The lowest BCUT2D eigenvalue weighted by atomic mass is 10.1. The van der Waals surface area contributed by atoms with Crippen LogP contribution >= 0.6 is 11.6 Å². The van der Waals surface area contributed by atoms with Crippen molar-refractivity contribution in [2.24, 2.45) is 0 Å². The predicted molar refractivity (Wildman–Crippen MR) is 120 cm³/mol. The van der Waals surface area contributed by atoms with Crippen molar-refractivity contribution >= 4 is 34.0 Å². The molecular weight excluding hydrogens is 396 g/mol. The molecule has 30 heavy (non-hydrogen) atoms. The second-order valence-electron chi connectivity index (χ2n) is 7.61. The fraction of sp³-hybridized carbons (Fsp3) is 0.208. The first kappa shape index (κ1) is 18.8. The molecule has 0 atom stereocenters. The standard InChI is InChI=1S/C24H21ClN4O/c25-21-12-11-19(15-20(21)23-28-27-22-8-2-1-5-13-29(22)23)26-24(30)18-10-9-16-6-3-4-7-17(16)14-18/h3-4,6-7,9-12,14-15H,1-2,5,8,13H2,(H,26,30). The monoisotopic (exact) mass is 416 g/mol. The second-order valence-corrected chi connectivity index (χ2v) is 8.02. The fourth-order valence-corrected chi connectivity index (χ4v) is 4.19. The fourth-order valence-electron chi connectivity index (χ4n) is 3.99. The van der Waals surface area contributed by atoms with Crippen molar-refractivity contribution in [2.45, 2.75) is 32.2 Å². The first-order valence-electron chi connectivity index (χ1n) is 10.2. The minimum Gasteiger partial charge on any atom is -0.322 e. The van der Waals surface area contributed by atoms with E-state index in [9.17, 15) is 4.79 Å². The van der Waals surface area contributed by atoms with Gasteiger partial charge in [-0.3, -0.25) is 4.79 Å². The minimum atomic E-state index is -0.158. The highest BCUT2D eigenvalue weighted by Gasteiger charge is 2.19. The smallest absolute Gasteiger partial charge is 0.255 e. The summed E-state index contributed by atoms with van der Waals surface area (Å²) in [6.07, 6.45) is 4.36. The number of rotatable bonds is 3. The molecule has 1 amide bonds. The molecule has 2 heterocycles. The molecule has 1 aliphatic rings. The number of fused-ring (bicyclic) bond motifs is 2. The average Bonchev–Trinajstić information content (AvgIpc) is 3.02. The highest BCUT2D eigenvalue weighted by Crippen LogP contribution is 2.31. The van der Waals surface area contributed by atoms with Crippen molar-refractivity contribution in [3.63, 3.8) is 0 Å². The third-order valence-electron chi connectivity index (χ3n) is 5.59. The number of anilines is 1. The molecule has 0 unspecified atom stereocenters. The molecule has 150 valence electrons. The van der Waals surface area contributed by atoms with Gasteiger partial charge in [-0.25, -0.2) is 0 Å². The lowest BCUT2D eigenvalue weighted by Crippen LogP contribution is -2.12. The van der Waals surface area contributed by atoms with Crippen LogP contribution in [0.1, 0.15) is 35.4 Å². The Hall–Kier alpha value is -3.18. The van der Waals surface area contributed by atoms with E-state index in [-0.39, 0.29) is 5.91 Å². The van der Waals surface area contributed by atoms with Gasteiger partial charge in [-0.2, -0.15) is 0 Å². The third kappa shape index (κ3) is 3.57. The van der Waals surface area contributed by atoms with Crippen LogP contribution in [0.3, 0.4) is 0 Å². The Bertz CT molecular complexity index is 1250. The summed E-state index contributed by atoms with van der Waals surface area (Å²) in [5.41, 5.74) is 2.08. The summed E-state index contributed by atoms with van der Waals surface area (Å²) in [7, 11) is 0. The molecular formula is C24H21ClN4O. The Morgan fingerprint density at radius 2 is 1.80 bits per heavy atom. The molecule has 0 saturated carbocycles. The van der Waals surface area contributed by atoms with E-state index >= 15 is 0 Å². The van der Waals surface area contributed by atoms with Crippen LogP contribution in [-0.4, -0.2) is 20.7 Å². The van der Waals surface area contributed by atoms with Gasteiger partial charge in [-0.1, -0.05) is 48.4 Å². The Balaban J connectivity index is 1.45. The lowest BCUT2D eigenvalue weighted by molar-refractivity contribution is 0.102. The molecule has 4 aromatic rings. The van der Waals surface area contributed by atoms with Gasteiger partial charge < -0.3 is 9.88 Å². The van der Waals surface area contributed by atoms with E-state index < -0.39 is 0 Å². The highest BCUT2D eigenvalue weighted by atomic mass is 35.5. The molecule has 0 radical (unpaired) electrons. The molecule has 5 nitrogen and oxygen atoms in total. The van der Waals surface area contributed by atoms with E-state index in [0.717, 1.165) is 53.8 Å². The molecule has 0 fully saturated rings. The predicted octanol–water partition coefficient (Wildman–Crippen LogP) is 5.73. The van der Waals surface area contributed by atoms with Crippen LogP contribution in [0.2, 0.25) is 5.02 Å². The summed E-state index contributed by atoms with van der Waals surface area (Å²) in [4.78, 5) is 12.8. The molecule has 3 aromatic carbocycles. The van der Waals surface area contributed by atoms with Gasteiger partial charge in [0.2, 0.25) is 0 Å². The van der Waals surface area contributed by atoms with Crippen molar-refractivity contribution in [3.8, 4) is 11.4 Å². The van der Waals surface area contributed by atoms with E-state index in [4.69, 9.17) is 11.6 Å². The number of carbonyl (C=O) groups excluding carboxylic acids is 1. The largest absolute Gasteiger partial charge is 0.322 e. The summed E-state index contributed by atoms with van der Waals surface area (Å²) in [5.74, 6) is 1.61. The maximum atomic E-state index is 12.8. The Morgan fingerprint density at radius 1 is 0.933 bits per heavy atom. The van der Waals surface area contributed by atoms with E-state index in [0.29, 0.717) is 16.3 Å². The van der Waals surface area contributed by atoms with Gasteiger partial charge in [0.1, 0.15) is 5.82 Å². The van der Waals surface area contributed by atoms with Crippen LogP contribution in [0.5, 0.6) is 0 Å². The summed E-state index contributed by atoms with van der Waals surface area (Å²) < 4.78 is 2.16. The molecule has 6 heteroatoms. The Morgan fingerprint density at radius 3 is 2.70 bits per heavy atom. The minimum absolute atomic E-state index is 0.158. The number of amides is 1. The summed E-state index contributed by atoms with van der Waals surface area (Å²) >= 11 is 6.50. The maximum Gasteiger partial charge on any atom is 0.255 e. The lowest BCUT2D eigenvalue weighted by Gasteiger charge is -2.11. The van der Waals surface area contributed by atoms with Gasteiger partial charge in [0.05, 0.1) is 5.02 Å². The molecule has 5 rings (SSSR count). The quantitative estimate of drug-likeness (QED) is 0.464. The van der Waals surface area contributed by atoms with Crippen molar-refractivity contribution < 1.29 is 4.79 Å². The van der Waals surface area contributed by atoms with Gasteiger partial charge >= 0.3 is 0 Å². The number of aromatic nitrogens is 3.